The van der Waals surface area contributed by atoms with E-state index in [2.05, 4.69) is 27.4 Å². The number of thiazole rings is 1. The monoisotopic (exact) mass is 403 g/mol. The highest BCUT2D eigenvalue weighted by Gasteiger charge is 2.12. The summed E-state index contributed by atoms with van der Waals surface area (Å²) < 4.78 is 0. The Morgan fingerprint density at radius 3 is 2.72 bits per heavy atom. The lowest BCUT2D eigenvalue weighted by molar-refractivity contribution is -0.115. The Hall–Kier alpha value is -3.09. The molecular weight excluding hydrogens is 382 g/mol. The molecule has 0 aliphatic rings. The number of pyridine rings is 1. The van der Waals surface area contributed by atoms with Crippen LogP contribution in [0.1, 0.15) is 27.5 Å². The first-order valence-electron chi connectivity index (χ1n) is 9.39. The van der Waals surface area contributed by atoms with Gasteiger partial charge in [-0.15, -0.1) is 11.3 Å². The number of carbonyl (C=O) groups excluding carboxylic acids is 1. The van der Waals surface area contributed by atoms with E-state index in [1.165, 1.54) is 5.56 Å². The molecule has 2 N–H and O–H groups in total. The number of hydrogen-bond acceptors (Lipinski definition) is 5. The fraction of sp³-hybridized carbons (Fsp3) is 0.174. The van der Waals surface area contributed by atoms with E-state index in [9.17, 15) is 9.90 Å². The number of rotatable bonds is 6. The molecule has 4 aromatic rings. The van der Waals surface area contributed by atoms with Crippen molar-refractivity contribution in [2.24, 2.45) is 0 Å². The molecule has 0 fully saturated rings. The molecule has 2 aromatic carbocycles. The maximum atomic E-state index is 12.6. The van der Waals surface area contributed by atoms with Crippen molar-refractivity contribution in [3.63, 3.8) is 0 Å². The zero-order valence-electron chi connectivity index (χ0n) is 16.1. The Balaban J connectivity index is 1.49. The maximum Gasteiger partial charge on any atom is 0.230 e. The molecule has 0 bridgehead atoms. The highest BCUT2D eigenvalue weighted by molar-refractivity contribution is 7.09. The molecule has 5 nitrogen and oxygen atoms in total. The van der Waals surface area contributed by atoms with Gasteiger partial charge in [-0.3, -0.25) is 9.78 Å². The molecule has 6 heteroatoms. The van der Waals surface area contributed by atoms with Crippen molar-refractivity contribution in [3.05, 3.63) is 87.5 Å². The van der Waals surface area contributed by atoms with Crippen LogP contribution in [0.5, 0.6) is 0 Å². The Kier molecular flexibility index (Phi) is 5.64. The number of aromatic nitrogens is 2. The van der Waals surface area contributed by atoms with Gasteiger partial charge in [-0.1, -0.05) is 42.5 Å². The van der Waals surface area contributed by atoms with E-state index >= 15 is 0 Å². The number of aryl methyl sites for hydroxylation is 1. The van der Waals surface area contributed by atoms with Crippen molar-refractivity contribution in [2.75, 3.05) is 5.32 Å². The van der Waals surface area contributed by atoms with Crippen LogP contribution in [0.2, 0.25) is 0 Å². The molecule has 0 atom stereocenters. The highest BCUT2D eigenvalue weighted by Crippen LogP contribution is 2.26. The molecule has 1 amide bonds. The number of aliphatic hydroxyl groups excluding tert-OH is 1. The van der Waals surface area contributed by atoms with Crippen molar-refractivity contribution in [2.45, 2.75) is 26.4 Å². The molecule has 29 heavy (non-hydrogen) atoms. The first-order valence-corrected chi connectivity index (χ1v) is 10.3. The Labute approximate surface area is 173 Å². The summed E-state index contributed by atoms with van der Waals surface area (Å²) in [6.07, 6.45) is 0.976. The van der Waals surface area contributed by atoms with Gasteiger partial charge in [0.05, 0.1) is 34.9 Å². The average Bonchev–Trinajstić information content (AvgIpc) is 3.15. The number of fused-ring (bicyclic) bond motifs is 1. The minimum Gasteiger partial charge on any atom is -0.392 e. The van der Waals surface area contributed by atoms with Gasteiger partial charge in [-0.25, -0.2) is 4.98 Å². The minimum atomic E-state index is -0.136. The number of anilines is 1. The zero-order valence-corrected chi connectivity index (χ0v) is 16.9. The molecule has 0 saturated carbocycles. The van der Waals surface area contributed by atoms with Gasteiger partial charge in [0.25, 0.3) is 0 Å². The maximum absolute atomic E-state index is 12.6. The second kappa shape index (κ2) is 8.51. The lowest BCUT2D eigenvalue weighted by Crippen LogP contribution is -2.15. The highest BCUT2D eigenvalue weighted by atomic mass is 32.1. The van der Waals surface area contributed by atoms with Crippen LogP contribution in [-0.4, -0.2) is 21.0 Å². The Bertz CT molecular complexity index is 1160. The Morgan fingerprint density at radius 2 is 1.93 bits per heavy atom. The smallest absolute Gasteiger partial charge is 0.230 e. The molecule has 0 radical (unpaired) electrons. The van der Waals surface area contributed by atoms with Crippen LogP contribution >= 0.6 is 11.3 Å². The number of benzene rings is 2. The standard InChI is InChI=1S/C23H21N3O2S/c1-15-10-17(13-27)19-8-5-9-20(23(19)24-15)26-21(28)12-18-14-29-22(25-18)11-16-6-3-2-4-7-16/h2-10,14,27H,11-13H2,1H3,(H,26,28). The summed E-state index contributed by atoms with van der Waals surface area (Å²) in [5.41, 5.74) is 4.90. The lowest BCUT2D eigenvalue weighted by atomic mass is 10.1. The van der Waals surface area contributed by atoms with Gasteiger partial charge in [0, 0.05) is 22.9 Å². The third-order valence-electron chi connectivity index (χ3n) is 4.64. The number of hydrogen-bond donors (Lipinski definition) is 2. The van der Waals surface area contributed by atoms with Crippen LogP contribution in [0.15, 0.2) is 60.0 Å². The van der Waals surface area contributed by atoms with Crippen LogP contribution in [0, 0.1) is 6.92 Å². The van der Waals surface area contributed by atoms with Crippen LogP contribution in [-0.2, 0) is 24.2 Å². The van der Waals surface area contributed by atoms with Gasteiger partial charge in [-0.05, 0) is 30.2 Å². The van der Waals surface area contributed by atoms with Gasteiger partial charge in [-0.2, -0.15) is 0 Å². The van der Waals surface area contributed by atoms with Crippen molar-refractivity contribution in [3.8, 4) is 0 Å². The third-order valence-corrected chi connectivity index (χ3v) is 5.53. The van der Waals surface area contributed by atoms with Crippen LogP contribution < -0.4 is 5.32 Å². The average molecular weight is 404 g/mol. The number of aliphatic hydroxyl groups is 1. The van der Waals surface area contributed by atoms with E-state index in [1.807, 2.05) is 54.8 Å². The molecule has 0 saturated heterocycles. The first-order chi connectivity index (χ1) is 14.1. The first kappa shape index (κ1) is 19.2. The Morgan fingerprint density at radius 1 is 1.10 bits per heavy atom. The van der Waals surface area contributed by atoms with Crippen LogP contribution in [0.3, 0.4) is 0 Å². The SMILES string of the molecule is Cc1cc(CO)c2cccc(NC(=O)Cc3csc(Cc4ccccc4)n3)c2n1. The predicted molar refractivity (Wildman–Crippen MR) is 116 cm³/mol. The summed E-state index contributed by atoms with van der Waals surface area (Å²) in [5, 5.41) is 16.3. The van der Waals surface area contributed by atoms with Gasteiger partial charge < -0.3 is 10.4 Å². The van der Waals surface area contributed by atoms with Gasteiger partial charge in [0.15, 0.2) is 0 Å². The lowest BCUT2D eigenvalue weighted by Gasteiger charge is -2.11. The molecule has 2 aromatic heterocycles. The molecule has 2 heterocycles. The van der Waals surface area contributed by atoms with Gasteiger partial charge in [0.1, 0.15) is 0 Å². The molecule has 0 aliphatic carbocycles. The fourth-order valence-electron chi connectivity index (χ4n) is 3.33. The van der Waals surface area contributed by atoms with Crippen molar-refractivity contribution < 1.29 is 9.90 Å². The fourth-order valence-corrected chi connectivity index (χ4v) is 4.16. The van der Waals surface area contributed by atoms with Crippen LogP contribution in [0.4, 0.5) is 5.69 Å². The largest absolute Gasteiger partial charge is 0.392 e. The normalized spacial score (nSPS) is 11.0. The molecule has 0 aliphatic heterocycles. The van der Waals surface area contributed by atoms with Crippen molar-refractivity contribution in [1.29, 1.82) is 0 Å². The topological polar surface area (TPSA) is 75.1 Å². The van der Waals surface area contributed by atoms with E-state index in [0.717, 1.165) is 33.8 Å². The van der Waals surface area contributed by atoms with Crippen LogP contribution in [0.25, 0.3) is 10.9 Å². The summed E-state index contributed by atoms with van der Waals surface area (Å²) in [5.74, 6) is -0.136. The second-order valence-corrected chi connectivity index (χ2v) is 7.85. The number of nitrogens with one attached hydrogen (secondary N) is 1. The van der Waals surface area contributed by atoms with Crippen molar-refractivity contribution in [1.82, 2.24) is 9.97 Å². The van der Waals surface area contributed by atoms with E-state index < -0.39 is 0 Å². The summed E-state index contributed by atoms with van der Waals surface area (Å²) in [4.78, 5) is 21.8. The van der Waals surface area contributed by atoms with Gasteiger partial charge in [0.2, 0.25) is 5.91 Å². The summed E-state index contributed by atoms with van der Waals surface area (Å²) >= 11 is 1.57. The third kappa shape index (κ3) is 4.50. The van der Waals surface area contributed by atoms with Gasteiger partial charge >= 0.3 is 0 Å². The van der Waals surface area contributed by atoms with E-state index in [0.29, 0.717) is 11.2 Å². The minimum absolute atomic E-state index is 0.0692. The molecule has 0 unspecified atom stereocenters. The zero-order chi connectivity index (χ0) is 20.2. The van der Waals surface area contributed by atoms with E-state index in [4.69, 9.17) is 0 Å². The summed E-state index contributed by atoms with van der Waals surface area (Å²) in [7, 11) is 0. The second-order valence-electron chi connectivity index (χ2n) is 6.90. The van der Waals surface area contributed by atoms with E-state index in [1.54, 1.807) is 11.3 Å². The summed E-state index contributed by atoms with van der Waals surface area (Å²) in [6.45, 7) is 1.81. The molecule has 0 spiro atoms. The number of nitrogens with zero attached hydrogens (tertiary/aromatic N) is 2. The number of para-hydroxylation sites is 1. The molecular formula is C23H21N3O2S. The molecule has 4 rings (SSSR count). The van der Waals surface area contributed by atoms with E-state index in [-0.39, 0.29) is 18.9 Å². The predicted octanol–water partition coefficient (Wildman–Crippen LogP) is 4.26. The summed E-state index contributed by atoms with van der Waals surface area (Å²) in [6, 6.07) is 17.6. The number of carbonyl (C=O) groups is 1. The molecule has 146 valence electrons. The number of amides is 1. The van der Waals surface area contributed by atoms with Crippen molar-refractivity contribution >= 4 is 33.8 Å². The quantitative estimate of drug-likeness (QED) is 0.504.